The van der Waals surface area contributed by atoms with Crippen molar-refractivity contribution in [2.24, 2.45) is 0 Å². The molecule has 0 fully saturated rings. The van der Waals surface area contributed by atoms with Gasteiger partial charge in [-0.3, -0.25) is 0 Å². The third kappa shape index (κ3) is 5.01. The van der Waals surface area contributed by atoms with E-state index in [1.807, 2.05) is 11.3 Å². The van der Waals surface area contributed by atoms with E-state index in [1.54, 1.807) is 0 Å². The van der Waals surface area contributed by atoms with Gasteiger partial charge in [-0.05, 0) is 95.1 Å². The van der Waals surface area contributed by atoms with Gasteiger partial charge in [-0.2, -0.15) is 0 Å². The van der Waals surface area contributed by atoms with Crippen molar-refractivity contribution in [1.82, 2.24) is 14.1 Å². The Labute approximate surface area is 333 Å². The first-order chi connectivity index (χ1) is 28.3. The van der Waals surface area contributed by atoms with Crippen LogP contribution in [0.1, 0.15) is 0 Å². The summed E-state index contributed by atoms with van der Waals surface area (Å²) in [6, 6.07) is 72.5. The third-order valence-electron chi connectivity index (χ3n) is 11.5. The fourth-order valence-electron chi connectivity index (χ4n) is 8.92. The van der Waals surface area contributed by atoms with Gasteiger partial charge >= 0.3 is 0 Å². The number of para-hydroxylation sites is 1. The van der Waals surface area contributed by atoms with E-state index in [9.17, 15) is 0 Å². The van der Waals surface area contributed by atoms with Crippen LogP contribution in [0.25, 0.3) is 109 Å². The minimum Gasteiger partial charge on any atom is -0.309 e. The Morgan fingerprint density at radius 2 is 0.965 bits per heavy atom. The van der Waals surface area contributed by atoms with Gasteiger partial charge in [-0.1, -0.05) is 127 Å². The molecule has 12 rings (SSSR count). The second kappa shape index (κ2) is 12.6. The van der Waals surface area contributed by atoms with Gasteiger partial charge in [0.05, 0.1) is 33.3 Å². The van der Waals surface area contributed by atoms with E-state index in [2.05, 4.69) is 209 Å². The lowest BCUT2D eigenvalue weighted by Crippen LogP contribution is -1.97. The van der Waals surface area contributed by atoms with E-state index in [0.717, 1.165) is 39.1 Å². The van der Waals surface area contributed by atoms with Crippen LogP contribution in [-0.2, 0) is 0 Å². The standard InChI is InChI=1S/C53H33N3S/c1-4-14-34(15-5-1)37-30-38(35-16-6-2-7-17-35)32-40(31-37)55-46-22-12-10-20-41(46)44-33-39(24-27-47(44)55)56-48-28-26-45(36-18-8-3-9-19-36)54-52(48)43-25-29-50-51(53(43)56)42-21-11-13-23-49(42)57-50/h1-33H. The average Bonchev–Trinajstić information content (AvgIpc) is 3.94. The summed E-state index contributed by atoms with van der Waals surface area (Å²) < 4.78 is 7.47. The van der Waals surface area contributed by atoms with E-state index in [0.29, 0.717) is 0 Å². The SMILES string of the molecule is c1ccc(-c2cc(-c3ccccc3)cc(-n3c4ccccc4c4cc(-n5c6ccc(-c7ccccc7)nc6c6ccc7sc8ccccc8c7c65)ccc43)c2)cc1. The Balaban J connectivity index is 1.14. The van der Waals surface area contributed by atoms with E-state index < -0.39 is 0 Å². The lowest BCUT2D eigenvalue weighted by Gasteiger charge is -2.14. The molecule has 0 saturated carbocycles. The molecule has 0 aliphatic heterocycles. The van der Waals surface area contributed by atoms with Crippen molar-refractivity contribution in [1.29, 1.82) is 0 Å². The number of benzene rings is 8. The highest BCUT2D eigenvalue weighted by Gasteiger charge is 2.21. The summed E-state index contributed by atoms with van der Waals surface area (Å²) in [6.45, 7) is 0. The van der Waals surface area contributed by atoms with Gasteiger partial charge in [0.1, 0.15) is 0 Å². The number of pyridine rings is 1. The van der Waals surface area contributed by atoms with Gasteiger partial charge in [0.2, 0.25) is 0 Å². The van der Waals surface area contributed by atoms with Crippen molar-refractivity contribution in [2.45, 2.75) is 0 Å². The van der Waals surface area contributed by atoms with Crippen molar-refractivity contribution >= 4 is 75.3 Å². The number of hydrogen-bond acceptors (Lipinski definition) is 2. The Morgan fingerprint density at radius 1 is 0.351 bits per heavy atom. The van der Waals surface area contributed by atoms with Gasteiger partial charge in [-0.15, -0.1) is 11.3 Å². The number of hydrogen-bond donors (Lipinski definition) is 0. The van der Waals surface area contributed by atoms with Gasteiger partial charge in [0.15, 0.2) is 0 Å². The summed E-state index contributed by atoms with van der Waals surface area (Å²) in [5.41, 5.74) is 14.8. The van der Waals surface area contributed by atoms with Gasteiger partial charge < -0.3 is 9.13 Å². The first-order valence-corrected chi connectivity index (χ1v) is 20.2. The monoisotopic (exact) mass is 743 g/mol. The van der Waals surface area contributed by atoms with Gasteiger partial charge in [0.25, 0.3) is 0 Å². The quantitative estimate of drug-likeness (QED) is 0.172. The Morgan fingerprint density at radius 3 is 1.70 bits per heavy atom. The van der Waals surface area contributed by atoms with Crippen LogP contribution >= 0.6 is 11.3 Å². The highest BCUT2D eigenvalue weighted by Crippen LogP contribution is 2.44. The molecule has 0 aliphatic carbocycles. The highest BCUT2D eigenvalue weighted by atomic mass is 32.1. The lowest BCUT2D eigenvalue weighted by atomic mass is 9.98. The average molecular weight is 744 g/mol. The molecule has 0 bridgehead atoms. The van der Waals surface area contributed by atoms with Crippen molar-refractivity contribution in [3.63, 3.8) is 0 Å². The molecule has 0 saturated heterocycles. The second-order valence-electron chi connectivity index (χ2n) is 14.8. The van der Waals surface area contributed by atoms with Crippen molar-refractivity contribution in [3.05, 3.63) is 200 Å². The smallest absolute Gasteiger partial charge is 0.0971 e. The number of fused-ring (bicyclic) bond motifs is 10. The molecule has 8 aromatic carbocycles. The summed E-state index contributed by atoms with van der Waals surface area (Å²) in [4.78, 5) is 5.39. The molecule has 12 aromatic rings. The molecule has 0 aliphatic rings. The first kappa shape index (κ1) is 32.0. The molecule has 0 unspecified atom stereocenters. The molecular weight excluding hydrogens is 711 g/mol. The fourth-order valence-corrected chi connectivity index (χ4v) is 10.0. The van der Waals surface area contributed by atoms with Crippen LogP contribution in [0.2, 0.25) is 0 Å². The van der Waals surface area contributed by atoms with Crippen LogP contribution in [0.3, 0.4) is 0 Å². The number of rotatable bonds is 5. The molecule has 4 aromatic heterocycles. The van der Waals surface area contributed by atoms with E-state index in [-0.39, 0.29) is 0 Å². The van der Waals surface area contributed by atoms with Crippen molar-refractivity contribution in [2.75, 3.05) is 0 Å². The molecule has 0 amide bonds. The molecule has 4 heteroatoms. The lowest BCUT2D eigenvalue weighted by molar-refractivity contribution is 1.17. The molecule has 0 radical (unpaired) electrons. The van der Waals surface area contributed by atoms with Crippen LogP contribution in [-0.4, -0.2) is 14.1 Å². The normalized spacial score (nSPS) is 11.9. The molecule has 0 spiro atoms. The number of aromatic nitrogens is 3. The summed E-state index contributed by atoms with van der Waals surface area (Å²) in [6.07, 6.45) is 0. The molecular formula is C53H33N3S. The Hall–Kier alpha value is -7.27. The predicted molar refractivity (Wildman–Crippen MR) is 242 cm³/mol. The largest absolute Gasteiger partial charge is 0.309 e. The zero-order chi connectivity index (χ0) is 37.5. The Kier molecular flexibility index (Phi) is 7.10. The first-order valence-electron chi connectivity index (χ1n) is 19.4. The third-order valence-corrected chi connectivity index (χ3v) is 12.6. The molecule has 57 heavy (non-hydrogen) atoms. The maximum absolute atomic E-state index is 5.39. The molecule has 0 N–H and O–H groups in total. The zero-order valence-corrected chi connectivity index (χ0v) is 31.6. The van der Waals surface area contributed by atoms with E-state index >= 15 is 0 Å². The topological polar surface area (TPSA) is 22.8 Å². The van der Waals surface area contributed by atoms with Gasteiger partial charge in [0, 0.05) is 53.3 Å². The molecule has 0 atom stereocenters. The summed E-state index contributed by atoms with van der Waals surface area (Å²) in [7, 11) is 0. The Bertz CT molecular complexity index is 3440. The number of thiophene rings is 1. The summed E-state index contributed by atoms with van der Waals surface area (Å²) in [5, 5.41) is 6.15. The molecule has 4 heterocycles. The zero-order valence-electron chi connectivity index (χ0n) is 30.8. The van der Waals surface area contributed by atoms with E-state index in [1.165, 1.54) is 69.7 Å². The van der Waals surface area contributed by atoms with Crippen LogP contribution < -0.4 is 0 Å². The van der Waals surface area contributed by atoms with Crippen molar-refractivity contribution < 1.29 is 0 Å². The van der Waals surface area contributed by atoms with Crippen LogP contribution in [0.5, 0.6) is 0 Å². The highest BCUT2D eigenvalue weighted by molar-refractivity contribution is 7.26. The number of nitrogens with zero attached hydrogens (tertiary/aromatic N) is 3. The minimum atomic E-state index is 0.976. The summed E-state index contributed by atoms with van der Waals surface area (Å²) in [5.74, 6) is 0. The van der Waals surface area contributed by atoms with Gasteiger partial charge in [-0.25, -0.2) is 4.98 Å². The van der Waals surface area contributed by atoms with Crippen LogP contribution in [0, 0.1) is 0 Å². The molecule has 3 nitrogen and oxygen atoms in total. The minimum absolute atomic E-state index is 0.976. The second-order valence-corrected chi connectivity index (χ2v) is 15.8. The fraction of sp³-hybridized carbons (Fsp3) is 0. The maximum atomic E-state index is 5.39. The van der Waals surface area contributed by atoms with E-state index in [4.69, 9.17) is 4.98 Å². The van der Waals surface area contributed by atoms with Crippen LogP contribution in [0.15, 0.2) is 200 Å². The maximum Gasteiger partial charge on any atom is 0.0971 e. The van der Waals surface area contributed by atoms with Crippen molar-refractivity contribution in [3.8, 4) is 44.9 Å². The van der Waals surface area contributed by atoms with Crippen LogP contribution in [0.4, 0.5) is 0 Å². The summed E-state index contributed by atoms with van der Waals surface area (Å²) >= 11 is 1.86. The predicted octanol–water partition coefficient (Wildman–Crippen LogP) is 14.6. The molecule has 266 valence electrons.